The molecule has 0 spiro atoms. The Morgan fingerprint density at radius 2 is 2.04 bits per heavy atom. The molecule has 1 atom stereocenters. The molecule has 1 aliphatic carbocycles. The highest BCUT2D eigenvalue weighted by molar-refractivity contribution is 5.79. The maximum Gasteiger partial charge on any atom is 0.235 e. The summed E-state index contributed by atoms with van der Waals surface area (Å²) < 4.78 is 0. The van der Waals surface area contributed by atoms with E-state index in [0.717, 1.165) is 51.3 Å². The van der Waals surface area contributed by atoms with E-state index < -0.39 is 5.54 Å². The minimum atomic E-state index is -0.697. The zero-order chi connectivity index (χ0) is 17.0. The zero-order valence-electron chi connectivity index (χ0n) is 14.2. The number of amides is 1. The molecule has 6 nitrogen and oxygen atoms in total. The average molecular weight is 327 g/mol. The molecule has 1 aromatic rings. The summed E-state index contributed by atoms with van der Waals surface area (Å²) >= 11 is 0. The maximum absolute atomic E-state index is 12.3. The van der Waals surface area contributed by atoms with Crippen LogP contribution in [-0.4, -0.2) is 59.0 Å². The fourth-order valence-electron chi connectivity index (χ4n) is 3.24. The Morgan fingerprint density at radius 1 is 1.33 bits per heavy atom. The molecule has 1 saturated carbocycles. The fraction of sp³-hybridized carbons (Fsp3) is 0.611. The van der Waals surface area contributed by atoms with Crippen LogP contribution < -0.4 is 5.32 Å². The van der Waals surface area contributed by atoms with Gasteiger partial charge in [-0.2, -0.15) is 5.26 Å². The van der Waals surface area contributed by atoms with Gasteiger partial charge in [0.15, 0.2) is 0 Å². The third-order valence-corrected chi connectivity index (χ3v) is 4.97. The molecule has 0 bridgehead atoms. The van der Waals surface area contributed by atoms with Crippen LogP contribution in [0.2, 0.25) is 0 Å². The normalized spacial score (nSPS) is 21.7. The van der Waals surface area contributed by atoms with E-state index in [9.17, 15) is 10.1 Å². The van der Waals surface area contributed by atoms with Gasteiger partial charge in [-0.05, 0) is 37.8 Å². The van der Waals surface area contributed by atoms with Crippen molar-refractivity contribution >= 4 is 5.91 Å². The number of rotatable bonds is 6. The van der Waals surface area contributed by atoms with E-state index in [2.05, 4.69) is 26.2 Å². The first-order chi connectivity index (χ1) is 11.6. The van der Waals surface area contributed by atoms with E-state index in [1.807, 2.05) is 31.3 Å². The van der Waals surface area contributed by atoms with Gasteiger partial charge in [-0.3, -0.25) is 19.6 Å². The smallest absolute Gasteiger partial charge is 0.235 e. The molecule has 2 aliphatic rings. The molecular weight excluding hydrogens is 302 g/mol. The van der Waals surface area contributed by atoms with Gasteiger partial charge in [0.05, 0.1) is 18.3 Å². The molecule has 0 radical (unpaired) electrons. The minimum absolute atomic E-state index is 0.0378. The lowest BCUT2D eigenvalue weighted by Gasteiger charge is -2.34. The van der Waals surface area contributed by atoms with Gasteiger partial charge >= 0.3 is 0 Å². The zero-order valence-corrected chi connectivity index (χ0v) is 14.2. The number of nitriles is 1. The number of piperazine rings is 1. The SMILES string of the molecule is CC(C#N)(NC(=O)CN1CCN(Cc2ccccn2)CC1)C1CC1. The lowest BCUT2D eigenvalue weighted by atomic mass is 9.98. The fourth-order valence-corrected chi connectivity index (χ4v) is 3.24. The van der Waals surface area contributed by atoms with Crippen LogP contribution in [0.15, 0.2) is 24.4 Å². The monoisotopic (exact) mass is 327 g/mol. The summed E-state index contributed by atoms with van der Waals surface area (Å²) in [7, 11) is 0. The molecule has 1 N–H and O–H groups in total. The number of carbonyl (C=O) groups excluding carboxylic acids is 1. The van der Waals surface area contributed by atoms with E-state index in [4.69, 9.17) is 0 Å². The van der Waals surface area contributed by atoms with Crippen LogP contribution in [0.5, 0.6) is 0 Å². The van der Waals surface area contributed by atoms with Gasteiger partial charge in [-0.1, -0.05) is 6.07 Å². The Labute approximate surface area is 143 Å². The van der Waals surface area contributed by atoms with Crippen LogP contribution in [-0.2, 0) is 11.3 Å². The van der Waals surface area contributed by atoms with Crippen molar-refractivity contribution in [1.29, 1.82) is 5.26 Å². The Bertz CT molecular complexity index is 602. The lowest BCUT2D eigenvalue weighted by Crippen LogP contribution is -2.53. The van der Waals surface area contributed by atoms with Crippen molar-refractivity contribution in [3.8, 4) is 6.07 Å². The number of carbonyl (C=O) groups is 1. The minimum Gasteiger partial charge on any atom is -0.337 e. The summed E-state index contributed by atoms with van der Waals surface area (Å²) in [5.41, 5.74) is 0.385. The molecule has 24 heavy (non-hydrogen) atoms. The largest absolute Gasteiger partial charge is 0.337 e. The van der Waals surface area contributed by atoms with Crippen LogP contribution in [0.25, 0.3) is 0 Å². The first-order valence-corrected chi connectivity index (χ1v) is 8.66. The Balaban J connectivity index is 1.42. The number of hydrogen-bond acceptors (Lipinski definition) is 5. The van der Waals surface area contributed by atoms with Crippen molar-refractivity contribution in [2.75, 3.05) is 32.7 Å². The quantitative estimate of drug-likeness (QED) is 0.844. The van der Waals surface area contributed by atoms with Crippen molar-refractivity contribution in [2.24, 2.45) is 5.92 Å². The Hall–Kier alpha value is -1.97. The van der Waals surface area contributed by atoms with Crippen molar-refractivity contribution < 1.29 is 4.79 Å². The second-order valence-corrected chi connectivity index (χ2v) is 7.01. The highest BCUT2D eigenvalue weighted by Gasteiger charge is 2.43. The molecular formula is C18H25N5O. The van der Waals surface area contributed by atoms with Crippen LogP contribution in [0.4, 0.5) is 0 Å². The van der Waals surface area contributed by atoms with E-state index in [1.165, 1.54) is 0 Å². The van der Waals surface area contributed by atoms with Crippen molar-refractivity contribution in [1.82, 2.24) is 20.1 Å². The molecule has 0 aromatic carbocycles. The summed E-state index contributed by atoms with van der Waals surface area (Å²) in [4.78, 5) is 21.1. The summed E-state index contributed by atoms with van der Waals surface area (Å²) in [6.45, 7) is 6.67. The van der Waals surface area contributed by atoms with Crippen LogP contribution >= 0.6 is 0 Å². The van der Waals surface area contributed by atoms with Crippen molar-refractivity contribution in [2.45, 2.75) is 31.8 Å². The highest BCUT2D eigenvalue weighted by atomic mass is 16.2. The van der Waals surface area contributed by atoms with E-state index >= 15 is 0 Å². The molecule has 1 unspecified atom stereocenters. The van der Waals surface area contributed by atoms with Gasteiger partial charge in [0.2, 0.25) is 5.91 Å². The second kappa shape index (κ2) is 7.29. The molecule has 1 aliphatic heterocycles. The molecule has 3 rings (SSSR count). The Morgan fingerprint density at radius 3 is 2.62 bits per heavy atom. The summed E-state index contributed by atoms with van der Waals surface area (Å²) in [6, 6.07) is 8.26. The first kappa shape index (κ1) is 16.9. The predicted octanol–water partition coefficient (Wildman–Crippen LogP) is 1.01. The molecule has 2 heterocycles. The van der Waals surface area contributed by atoms with Crippen molar-refractivity contribution in [3.63, 3.8) is 0 Å². The first-order valence-electron chi connectivity index (χ1n) is 8.66. The van der Waals surface area contributed by atoms with Crippen LogP contribution in [0, 0.1) is 17.2 Å². The van der Waals surface area contributed by atoms with E-state index in [-0.39, 0.29) is 5.91 Å². The highest BCUT2D eigenvalue weighted by Crippen LogP contribution is 2.39. The van der Waals surface area contributed by atoms with Gasteiger partial charge < -0.3 is 5.32 Å². The number of hydrogen-bond donors (Lipinski definition) is 1. The standard InChI is InChI=1S/C18H25N5O/c1-18(14-19,15-5-6-15)21-17(24)13-23-10-8-22(9-11-23)12-16-4-2-3-7-20-16/h2-4,7,15H,5-6,8-13H2,1H3,(H,21,24). The number of nitrogens with one attached hydrogen (secondary N) is 1. The molecule has 2 fully saturated rings. The van der Waals surface area contributed by atoms with Gasteiger partial charge in [0.1, 0.15) is 5.54 Å². The Kier molecular flexibility index (Phi) is 5.12. The number of nitrogens with zero attached hydrogens (tertiary/aromatic N) is 4. The molecule has 1 aromatic heterocycles. The third-order valence-electron chi connectivity index (χ3n) is 4.97. The van der Waals surface area contributed by atoms with Crippen molar-refractivity contribution in [3.05, 3.63) is 30.1 Å². The summed E-state index contributed by atoms with van der Waals surface area (Å²) in [5, 5.41) is 12.3. The maximum atomic E-state index is 12.3. The van der Waals surface area contributed by atoms with Gasteiger partial charge in [-0.25, -0.2) is 0 Å². The van der Waals surface area contributed by atoms with Gasteiger partial charge in [-0.15, -0.1) is 0 Å². The number of pyridine rings is 1. The van der Waals surface area contributed by atoms with Gasteiger partial charge in [0, 0.05) is 38.9 Å². The summed E-state index contributed by atoms with van der Waals surface area (Å²) in [5.74, 6) is 0.283. The van der Waals surface area contributed by atoms with E-state index in [0.29, 0.717) is 12.5 Å². The number of aromatic nitrogens is 1. The summed E-state index contributed by atoms with van der Waals surface area (Å²) in [6.07, 6.45) is 3.90. The molecule has 128 valence electrons. The third kappa shape index (κ3) is 4.31. The second-order valence-electron chi connectivity index (χ2n) is 7.01. The topological polar surface area (TPSA) is 72.3 Å². The predicted molar refractivity (Wildman–Crippen MR) is 90.8 cm³/mol. The molecule has 1 saturated heterocycles. The van der Waals surface area contributed by atoms with Crippen LogP contribution in [0.1, 0.15) is 25.5 Å². The lowest BCUT2D eigenvalue weighted by molar-refractivity contribution is -0.124. The average Bonchev–Trinajstić information content (AvgIpc) is 3.43. The molecule has 6 heteroatoms. The van der Waals surface area contributed by atoms with Gasteiger partial charge in [0.25, 0.3) is 0 Å². The van der Waals surface area contributed by atoms with E-state index in [1.54, 1.807) is 0 Å². The van der Waals surface area contributed by atoms with Crippen LogP contribution in [0.3, 0.4) is 0 Å². The molecule has 1 amide bonds.